The Labute approximate surface area is 116 Å². The zero-order valence-electron chi connectivity index (χ0n) is 11.9. The van der Waals surface area contributed by atoms with Gasteiger partial charge in [0, 0.05) is 6.04 Å². The summed E-state index contributed by atoms with van der Waals surface area (Å²) >= 11 is 0. The van der Waals surface area contributed by atoms with Gasteiger partial charge >= 0.3 is 0 Å². The van der Waals surface area contributed by atoms with Crippen LogP contribution < -0.4 is 10.0 Å². The lowest BCUT2D eigenvalue weighted by atomic mass is 10.1. The number of rotatable bonds is 8. The van der Waals surface area contributed by atoms with E-state index in [2.05, 4.69) is 10.0 Å². The molecule has 1 rings (SSSR count). The summed E-state index contributed by atoms with van der Waals surface area (Å²) < 4.78 is 26.5. The second-order valence-corrected chi connectivity index (χ2v) is 6.65. The van der Waals surface area contributed by atoms with E-state index in [1.54, 1.807) is 0 Å². The van der Waals surface area contributed by atoms with Crippen molar-refractivity contribution in [3.63, 3.8) is 0 Å². The molecule has 0 radical (unpaired) electrons. The lowest BCUT2D eigenvalue weighted by Gasteiger charge is -2.15. The highest BCUT2D eigenvalue weighted by Crippen LogP contribution is 2.14. The molecule has 5 heteroatoms. The highest BCUT2D eigenvalue weighted by Gasteiger charge is 2.15. The average Bonchev–Trinajstić information content (AvgIpc) is 2.35. The molecule has 0 aromatic heterocycles. The van der Waals surface area contributed by atoms with Crippen LogP contribution in [-0.2, 0) is 10.0 Å². The van der Waals surface area contributed by atoms with E-state index in [-0.39, 0.29) is 11.8 Å². The first-order valence-electron chi connectivity index (χ1n) is 6.72. The number of hydrogen-bond donors (Lipinski definition) is 2. The van der Waals surface area contributed by atoms with Gasteiger partial charge in [0.1, 0.15) is 0 Å². The molecular formula is C14H24N2O2S. The number of sulfonamides is 1. The van der Waals surface area contributed by atoms with Crippen LogP contribution in [0.25, 0.3) is 0 Å². The minimum atomic E-state index is -3.21. The van der Waals surface area contributed by atoms with Gasteiger partial charge in [0.25, 0.3) is 0 Å². The fourth-order valence-electron chi connectivity index (χ4n) is 1.82. The molecule has 0 heterocycles. The molecule has 0 aliphatic carbocycles. The van der Waals surface area contributed by atoms with E-state index in [0.29, 0.717) is 6.42 Å². The van der Waals surface area contributed by atoms with E-state index in [9.17, 15) is 8.42 Å². The standard InChI is InChI=1S/C14H24N2O2S/c1-4-15-10-5-11-19(17,18)16-13(3)14-8-6-12(2)7-9-14/h6-9,13,15-16H,4-5,10-11H2,1-3H3. The van der Waals surface area contributed by atoms with Gasteiger partial charge in [-0.3, -0.25) is 0 Å². The van der Waals surface area contributed by atoms with Gasteiger partial charge in [-0.05, 0) is 38.9 Å². The predicted octanol–water partition coefficient (Wildman–Crippen LogP) is 1.98. The van der Waals surface area contributed by atoms with E-state index < -0.39 is 10.0 Å². The number of benzene rings is 1. The van der Waals surface area contributed by atoms with Crippen molar-refractivity contribution in [1.29, 1.82) is 0 Å². The maximum absolute atomic E-state index is 11.9. The van der Waals surface area contributed by atoms with Crippen molar-refractivity contribution in [1.82, 2.24) is 10.0 Å². The van der Waals surface area contributed by atoms with Crippen LogP contribution in [0.1, 0.15) is 37.4 Å². The highest BCUT2D eigenvalue weighted by atomic mass is 32.2. The minimum absolute atomic E-state index is 0.163. The van der Waals surface area contributed by atoms with Crippen LogP contribution >= 0.6 is 0 Å². The molecule has 1 unspecified atom stereocenters. The summed E-state index contributed by atoms with van der Waals surface area (Å²) in [4.78, 5) is 0. The Bertz CT molecular complexity index is 469. The molecule has 1 aromatic rings. The molecule has 0 bridgehead atoms. The molecule has 0 saturated carbocycles. The van der Waals surface area contributed by atoms with Crippen LogP contribution in [-0.4, -0.2) is 27.3 Å². The lowest BCUT2D eigenvalue weighted by molar-refractivity contribution is 0.562. The molecular weight excluding hydrogens is 260 g/mol. The van der Waals surface area contributed by atoms with E-state index in [0.717, 1.165) is 18.7 Å². The topological polar surface area (TPSA) is 58.2 Å². The highest BCUT2D eigenvalue weighted by molar-refractivity contribution is 7.89. The quantitative estimate of drug-likeness (QED) is 0.718. The average molecular weight is 284 g/mol. The van der Waals surface area contributed by atoms with Gasteiger partial charge in [-0.1, -0.05) is 36.8 Å². The molecule has 0 aliphatic rings. The summed E-state index contributed by atoms with van der Waals surface area (Å²) in [5.41, 5.74) is 2.16. The first-order chi connectivity index (χ1) is 8.94. The van der Waals surface area contributed by atoms with Crippen molar-refractivity contribution in [2.75, 3.05) is 18.8 Å². The summed E-state index contributed by atoms with van der Waals surface area (Å²) in [6.45, 7) is 7.49. The number of nitrogens with one attached hydrogen (secondary N) is 2. The van der Waals surface area contributed by atoms with E-state index in [1.807, 2.05) is 45.0 Å². The minimum Gasteiger partial charge on any atom is -0.317 e. The maximum atomic E-state index is 11.9. The molecule has 19 heavy (non-hydrogen) atoms. The van der Waals surface area contributed by atoms with Crippen molar-refractivity contribution in [2.45, 2.75) is 33.2 Å². The van der Waals surface area contributed by atoms with Crippen LogP contribution in [0.2, 0.25) is 0 Å². The van der Waals surface area contributed by atoms with Crippen molar-refractivity contribution < 1.29 is 8.42 Å². The normalized spacial score (nSPS) is 13.4. The predicted molar refractivity (Wildman–Crippen MR) is 79.7 cm³/mol. The zero-order chi connectivity index (χ0) is 14.3. The van der Waals surface area contributed by atoms with Crippen LogP contribution in [0.5, 0.6) is 0 Å². The molecule has 0 aliphatic heterocycles. The molecule has 2 N–H and O–H groups in total. The largest absolute Gasteiger partial charge is 0.317 e. The third-order valence-corrected chi connectivity index (χ3v) is 4.49. The monoisotopic (exact) mass is 284 g/mol. The van der Waals surface area contributed by atoms with Gasteiger partial charge in [-0.2, -0.15) is 0 Å². The Morgan fingerprint density at radius 1 is 1.21 bits per heavy atom. The Kier molecular flexibility index (Phi) is 6.48. The molecule has 4 nitrogen and oxygen atoms in total. The van der Waals surface area contributed by atoms with Crippen LogP contribution in [0.4, 0.5) is 0 Å². The molecule has 0 fully saturated rings. The van der Waals surface area contributed by atoms with E-state index >= 15 is 0 Å². The summed E-state index contributed by atoms with van der Waals surface area (Å²) in [7, 11) is -3.21. The van der Waals surface area contributed by atoms with Crippen LogP contribution in [0.3, 0.4) is 0 Å². The second kappa shape index (κ2) is 7.62. The van der Waals surface area contributed by atoms with Gasteiger partial charge in [0.2, 0.25) is 10.0 Å². The summed E-state index contributed by atoms with van der Waals surface area (Å²) in [5.74, 6) is 0.163. The molecule has 1 atom stereocenters. The van der Waals surface area contributed by atoms with Crippen LogP contribution in [0, 0.1) is 6.92 Å². The van der Waals surface area contributed by atoms with E-state index in [4.69, 9.17) is 0 Å². The van der Waals surface area contributed by atoms with Crippen molar-refractivity contribution in [3.05, 3.63) is 35.4 Å². The summed E-state index contributed by atoms with van der Waals surface area (Å²) in [6.07, 6.45) is 0.629. The molecule has 0 spiro atoms. The number of hydrogen-bond acceptors (Lipinski definition) is 3. The third-order valence-electron chi connectivity index (χ3n) is 2.95. The Morgan fingerprint density at radius 3 is 2.42 bits per heavy atom. The Hall–Kier alpha value is -0.910. The molecule has 0 saturated heterocycles. The van der Waals surface area contributed by atoms with Gasteiger partial charge in [0.15, 0.2) is 0 Å². The first kappa shape index (κ1) is 16.1. The fourth-order valence-corrected chi connectivity index (χ4v) is 3.13. The smallest absolute Gasteiger partial charge is 0.212 e. The van der Waals surface area contributed by atoms with Crippen molar-refractivity contribution >= 4 is 10.0 Å². The molecule has 1 aromatic carbocycles. The lowest BCUT2D eigenvalue weighted by Crippen LogP contribution is -2.30. The maximum Gasteiger partial charge on any atom is 0.212 e. The second-order valence-electron chi connectivity index (χ2n) is 4.78. The van der Waals surface area contributed by atoms with Crippen molar-refractivity contribution in [2.24, 2.45) is 0 Å². The SMILES string of the molecule is CCNCCCS(=O)(=O)NC(C)c1ccc(C)cc1. The van der Waals surface area contributed by atoms with Crippen molar-refractivity contribution in [3.8, 4) is 0 Å². The first-order valence-corrected chi connectivity index (χ1v) is 8.37. The van der Waals surface area contributed by atoms with Gasteiger partial charge in [-0.15, -0.1) is 0 Å². The Balaban J connectivity index is 2.50. The van der Waals surface area contributed by atoms with Gasteiger partial charge in [-0.25, -0.2) is 13.1 Å². The Morgan fingerprint density at radius 2 is 1.84 bits per heavy atom. The third kappa shape index (κ3) is 6.18. The van der Waals surface area contributed by atoms with Gasteiger partial charge < -0.3 is 5.32 Å². The summed E-state index contributed by atoms with van der Waals surface area (Å²) in [5, 5.41) is 3.12. The van der Waals surface area contributed by atoms with Gasteiger partial charge in [0.05, 0.1) is 5.75 Å². The fraction of sp³-hybridized carbons (Fsp3) is 0.571. The molecule has 0 amide bonds. The zero-order valence-corrected chi connectivity index (χ0v) is 12.8. The number of aryl methyl sites for hydroxylation is 1. The molecule has 108 valence electrons. The van der Waals surface area contributed by atoms with Crippen LogP contribution in [0.15, 0.2) is 24.3 Å². The van der Waals surface area contributed by atoms with E-state index in [1.165, 1.54) is 5.56 Å². The summed E-state index contributed by atoms with van der Waals surface area (Å²) in [6, 6.07) is 7.71.